The summed E-state index contributed by atoms with van der Waals surface area (Å²) in [6.45, 7) is 4.81. The van der Waals surface area contributed by atoms with Gasteiger partial charge in [-0.3, -0.25) is 4.79 Å². The molecule has 3 nitrogen and oxygen atoms in total. The van der Waals surface area contributed by atoms with Crippen LogP contribution in [0.1, 0.15) is 36.8 Å². The lowest BCUT2D eigenvalue weighted by atomic mass is 9.95. The van der Waals surface area contributed by atoms with Crippen LogP contribution in [0.2, 0.25) is 0 Å². The second-order valence-corrected chi connectivity index (χ2v) is 4.19. The zero-order valence-corrected chi connectivity index (χ0v) is 8.95. The Morgan fingerprint density at radius 1 is 1.60 bits per heavy atom. The Labute approximate surface area is 89.1 Å². The Kier molecular flexibility index (Phi) is 2.39. The van der Waals surface area contributed by atoms with Gasteiger partial charge in [0.25, 0.3) is 0 Å². The molecule has 1 aromatic rings. The van der Waals surface area contributed by atoms with Gasteiger partial charge in [-0.15, -0.1) is 0 Å². The van der Waals surface area contributed by atoms with E-state index in [2.05, 4.69) is 12.2 Å². The number of nitrogens with one attached hydrogen (secondary N) is 1. The molecule has 2 rings (SSSR count). The van der Waals surface area contributed by atoms with Crippen LogP contribution in [0.25, 0.3) is 0 Å². The molecule has 15 heavy (non-hydrogen) atoms. The molecule has 0 radical (unpaired) electrons. The van der Waals surface area contributed by atoms with E-state index in [9.17, 15) is 4.79 Å². The van der Waals surface area contributed by atoms with Crippen LogP contribution in [0, 0.1) is 0 Å². The molecular weight excluding hydrogens is 190 g/mol. The van der Waals surface area contributed by atoms with Crippen LogP contribution in [0.15, 0.2) is 18.2 Å². The highest BCUT2D eigenvalue weighted by Crippen LogP contribution is 2.33. The second kappa shape index (κ2) is 3.57. The Morgan fingerprint density at radius 2 is 2.33 bits per heavy atom. The maximum absolute atomic E-state index is 10.9. The summed E-state index contributed by atoms with van der Waals surface area (Å²) in [4.78, 5) is 10.9. The van der Waals surface area contributed by atoms with E-state index in [1.54, 1.807) is 6.92 Å². The van der Waals surface area contributed by atoms with E-state index in [-0.39, 0.29) is 0 Å². The number of carboxylic acids is 1. The zero-order valence-electron chi connectivity index (χ0n) is 8.95. The molecule has 3 heteroatoms. The molecule has 0 spiro atoms. The predicted molar refractivity (Wildman–Crippen MR) is 59.4 cm³/mol. The quantitative estimate of drug-likeness (QED) is 0.779. The zero-order chi connectivity index (χ0) is 11.0. The number of hydrogen-bond donors (Lipinski definition) is 2. The molecule has 0 bridgehead atoms. The Bertz CT molecular complexity index is 401. The summed E-state index contributed by atoms with van der Waals surface area (Å²) in [5, 5.41) is 12.2. The average molecular weight is 205 g/mol. The number of hydrogen-bond acceptors (Lipinski definition) is 2. The highest BCUT2D eigenvalue weighted by Gasteiger charge is 2.21. The van der Waals surface area contributed by atoms with E-state index in [1.807, 2.05) is 18.2 Å². The summed E-state index contributed by atoms with van der Waals surface area (Å²) in [5.41, 5.74) is 3.27. The van der Waals surface area contributed by atoms with Crippen molar-refractivity contribution >= 4 is 11.7 Å². The summed E-state index contributed by atoms with van der Waals surface area (Å²) in [6.07, 6.45) is 0. The molecule has 0 saturated carbocycles. The van der Waals surface area contributed by atoms with Crippen molar-refractivity contribution in [1.82, 2.24) is 0 Å². The SMILES string of the molecule is CC1CNc2ccc(C(C)C(=O)O)cc21. The minimum atomic E-state index is -0.770. The first-order valence-corrected chi connectivity index (χ1v) is 5.20. The van der Waals surface area contributed by atoms with Crippen molar-refractivity contribution in [2.75, 3.05) is 11.9 Å². The molecule has 2 N–H and O–H groups in total. The topological polar surface area (TPSA) is 49.3 Å². The number of rotatable bonds is 2. The maximum atomic E-state index is 10.9. The Balaban J connectivity index is 2.37. The third-order valence-corrected chi connectivity index (χ3v) is 3.08. The van der Waals surface area contributed by atoms with Crippen LogP contribution < -0.4 is 5.32 Å². The van der Waals surface area contributed by atoms with Crippen LogP contribution in [0.5, 0.6) is 0 Å². The van der Waals surface area contributed by atoms with Crippen molar-refractivity contribution in [1.29, 1.82) is 0 Å². The van der Waals surface area contributed by atoms with Crippen LogP contribution in [0.4, 0.5) is 5.69 Å². The fourth-order valence-electron chi connectivity index (χ4n) is 1.93. The summed E-state index contributed by atoms with van der Waals surface area (Å²) >= 11 is 0. The molecular formula is C12H15NO2. The normalized spacial score (nSPS) is 20.5. The molecule has 1 heterocycles. The molecule has 2 unspecified atom stereocenters. The highest BCUT2D eigenvalue weighted by atomic mass is 16.4. The molecule has 80 valence electrons. The summed E-state index contributed by atoms with van der Waals surface area (Å²) in [5.74, 6) is -0.724. The molecule has 2 atom stereocenters. The van der Waals surface area contributed by atoms with E-state index in [0.717, 1.165) is 17.8 Å². The number of carboxylic acid groups (broad SMARTS) is 1. The second-order valence-electron chi connectivity index (χ2n) is 4.19. The van der Waals surface area contributed by atoms with Gasteiger partial charge in [0.15, 0.2) is 0 Å². The molecule has 1 aliphatic heterocycles. The van der Waals surface area contributed by atoms with Gasteiger partial charge in [0, 0.05) is 18.2 Å². The van der Waals surface area contributed by atoms with Crippen LogP contribution in [0.3, 0.4) is 0 Å². The first-order valence-electron chi connectivity index (χ1n) is 5.20. The third-order valence-electron chi connectivity index (χ3n) is 3.08. The number of fused-ring (bicyclic) bond motifs is 1. The van der Waals surface area contributed by atoms with Gasteiger partial charge in [-0.2, -0.15) is 0 Å². The van der Waals surface area contributed by atoms with Crippen LogP contribution >= 0.6 is 0 Å². The van der Waals surface area contributed by atoms with Gasteiger partial charge in [-0.1, -0.05) is 19.1 Å². The Hall–Kier alpha value is -1.51. The molecule has 1 aliphatic rings. The maximum Gasteiger partial charge on any atom is 0.310 e. The molecule has 1 aromatic carbocycles. The first-order chi connectivity index (χ1) is 7.09. The lowest BCUT2D eigenvalue weighted by molar-refractivity contribution is -0.138. The van der Waals surface area contributed by atoms with Crippen molar-refractivity contribution in [3.8, 4) is 0 Å². The average Bonchev–Trinajstić information content (AvgIpc) is 2.59. The van der Waals surface area contributed by atoms with E-state index in [0.29, 0.717) is 5.92 Å². The molecule has 0 fully saturated rings. The van der Waals surface area contributed by atoms with Gasteiger partial charge < -0.3 is 10.4 Å². The van der Waals surface area contributed by atoms with Gasteiger partial charge in [-0.25, -0.2) is 0 Å². The van der Waals surface area contributed by atoms with Crippen molar-refractivity contribution in [3.05, 3.63) is 29.3 Å². The van der Waals surface area contributed by atoms with Gasteiger partial charge in [-0.05, 0) is 24.1 Å². The van der Waals surface area contributed by atoms with Gasteiger partial charge >= 0.3 is 5.97 Å². The molecule has 0 saturated heterocycles. The number of benzene rings is 1. The molecule has 0 aliphatic carbocycles. The fraction of sp³-hybridized carbons (Fsp3) is 0.417. The number of carbonyl (C=O) groups is 1. The largest absolute Gasteiger partial charge is 0.481 e. The van der Waals surface area contributed by atoms with Gasteiger partial charge in [0.2, 0.25) is 0 Å². The smallest absolute Gasteiger partial charge is 0.310 e. The van der Waals surface area contributed by atoms with E-state index in [4.69, 9.17) is 5.11 Å². The highest BCUT2D eigenvalue weighted by molar-refractivity contribution is 5.76. The molecule has 0 aromatic heterocycles. The van der Waals surface area contributed by atoms with Crippen molar-refractivity contribution in [3.63, 3.8) is 0 Å². The summed E-state index contributed by atoms with van der Waals surface area (Å²) in [6, 6.07) is 5.88. The lowest BCUT2D eigenvalue weighted by Crippen LogP contribution is -2.07. The van der Waals surface area contributed by atoms with Crippen molar-refractivity contribution < 1.29 is 9.90 Å². The van der Waals surface area contributed by atoms with Gasteiger partial charge in [0.05, 0.1) is 5.92 Å². The minimum absolute atomic E-state index is 0.428. The van der Waals surface area contributed by atoms with Gasteiger partial charge in [0.1, 0.15) is 0 Å². The number of anilines is 1. The van der Waals surface area contributed by atoms with E-state index >= 15 is 0 Å². The molecule has 0 amide bonds. The van der Waals surface area contributed by atoms with E-state index < -0.39 is 11.9 Å². The van der Waals surface area contributed by atoms with Crippen molar-refractivity contribution in [2.24, 2.45) is 0 Å². The fourth-order valence-corrected chi connectivity index (χ4v) is 1.93. The predicted octanol–water partition coefficient (Wildman–Crippen LogP) is 2.40. The first kappa shape index (κ1) is 10.0. The lowest BCUT2D eigenvalue weighted by Gasteiger charge is -2.09. The summed E-state index contributed by atoms with van der Waals surface area (Å²) in [7, 11) is 0. The Morgan fingerprint density at radius 3 is 3.00 bits per heavy atom. The van der Waals surface area contributed by atoms with Crippen molar-refractivity contribution in [2.45, 2.75) is 25.7 Å². The number of aliphatic carboxylic acids is 1. The standard InChI is InChI=1S/C12H15NO2/c1-7-6-13-11-4-3-9(5-10(7)11)8(2)12(14)15/h3-5,7-8,13H,6H2,1-2H3,(H,14,15). The monoisotopic (exact) mass is 205 g/mol. The van der Waals surface area contributed by atoms with Crippen LogP contribution in [-0.4, -0.2) is 17.6 Å². The van der Waals surface area contributed by atoms with E-state index in [1.165, 1.54) is 5.56 Å². The third kappa shape index (κ3) is 1.69. The van der Waals surface area contributed by atoms with Crippen LogP contribution in [-0.2, 0) is 4.79 Å². The summed E-state index contributed by atoms with van der Waals surface area (Å²) < 4.78 is 0. The minimum Gasteiger partial charge on any atom is -0.481 e.